The Morgan fingerprint density at radius 2 is 2.11 bits per heavy atom. The van der Waals surface area contributed by atoms with Gasteiger partial charge >= 0.3 is 5.97 Å². The van der Waals surface area contributed by atoms with Crippen molar-refractivity contribution < 1.29 is 22.7 Å². The lowest BCUT2D eigenvalue weighted by atomic mass is 10.2. The largest absolute Gasteiger partial charge is 0.481 e. The molecule has 0 fully saturated rings. The first-order valence-electron chi connectivity index (χ1n) is 5.08. The average molecular weight is 339 g/mol. The first-order chi connectivity index (χ1) is 8.21. The summed E-state index contributed by atoms with van der Waals surface area (Å²) in [5.74, 6) is -3.34. The Morgan fingerprint density at radius 3 is 2.61 bits per heavy atom. The van der Waals surface area contributed by atoms with Crippen molar-refractivity contribution in [3.63, 3.8) is 0 Å². The fourth-order valence-electron chi connectivity index (χ4n) is 1.39. The second-order valence-corrected chi connectivity index (χ2v) is 6.99. The highest BCUT2D eigenvalue weighted by atomic mass is 79.9. The molecule has 0 aliphatic heterocycles. The van der Waals surface area contributed by atoms with Gasteiger partial charge in [-0.2, -0.15) is 0 Å². The third-order valence-electron chi connectivity index (χ3n) is 2.32. The van der Waals surface area contributed by atoms with Crippen molar-refractivity contribution in [2.75, 3.05) is 5.75 Å². The first-order valence-corrected chi connectivity index (χ1v) is 7.70. The van der Waals surface area contributed by atoms with E-state index in [4.69, 9.17) is 5.11 Å². The van der Waals surface area contributed by atoms with Crippen molar-refractivity contribution in [3.05, 3.63) is 34.1 Å². The van der Waals surface area contributed by atoms with Crippen LogP contribution in [0.4, 0.5) is 4.39 Å². The lowest BCUT2D eigenvalue weighted by Crippen LogP contribution is -2.22. The van der Waals surface area contributed by atoms with Crippen molar-refractivity contribution in [1.29, 1.82) is 0 Å². The molecule has 100 valence electrons. The highest BCUT2D eigenvalue weighted by Crippen LogP contribution is 2.21. The Balaban J connectivity index is 2.86. The number of hydrogen-bond donors (Lipinski definition) is 1. The topological polar surface area (TPSA) is 71.4 Å². The quantitative estimate of drug-likeness (QED) is 0.893. The Labute approximate surface area is 113 Å². The van der Waals surface area contributed by atoms with Gasteiger partial charge < -0.3 is 5.11 Å². The van der Waals surface area contributed by atoms with Gasteiger partial charge in [0.2, 0.25) is 0 Å². The van der Waals surface area contributed by atoms with Crippen molar-refractivity contribution in [2.45, 2.75) is 12.7 Å². The second kappa shape index (κ2) is 5.79. The van der Waals surface area contributed by atoms with E-state index in [-0.39, 0.29) is 5.75 Å². The lowest BCUT2D eigenvalue weighted by molar-refractivity contribution is -0.140. The van der Waals surface area contributed by atoms with Gasteiger partial charge in [0.15, 0.2) is 9.84 Å². The Hall–Kier alpha value is -0.950. The van der Waals surface area contributed by atoms with Gasteiger partial charge in [0.25, 0.3) is 0 Å². The summed E-state index contributed by atoms with van der Waals surface area (Å²) in [6.45, 7) is 1.33. The summed E-state index contributed by atoms with van der Waals surface area (Å²) in [6, 6.07) is 3.70. The van der Waals surface area contributed by atoms with Crippen LogP contribution < -0.4 is 0 Å². The molecule has 1 atom stereocenters. The number of hydrogen-bond acceptors (Lipinski definition) is 3. The minimum Gasteiger partial charge on any atom is -0.481 e. The number of benzene rings is 1. The van der Waals surface area contributed by atoms with E-state index in [1.54, 1.807) is 0 Å². The van der Waals surface area contributed by atoms with Gasteiger partial charge in [-0.3, -0.25) is 4.79 Å². The van der Waals surface area contributed by atoms with E-state index >= 15 is 0 Å². The van der Waals surface area contributed by atoms with E-state index in [1.807, 2.05) is 0 Å². The molecule has 1 unspecified atom stereocenters. The van der Waals surface area contributed by atoms with Crippen molar-refractivity contribution in [2.24, 2.45) is 5.92 Å². The molecule has 1 aromatic rings. The predicted octanol–water partition coefficient (Wildman–Crippen LogP) is 2.22. The number of sulfone groups is 1. The van der Waals surface area contributed by atoms with Crippen LogP contribution in [0.5, 0.6) is 0 Å². The summed E-state index contributed by atoms with van der Waals surface area (Å²) in [5.41, 5.74) is 0.411. The van der Waals surface area contributed by atoms with E-state index in [0.717, 1.165) is 6.07 Å². The molecule has 0 aromatic heterocycles. The van der Waals surface area contributed by atoms with E-state index in [9.17, 15) is 17.6 Å². The summed E-state index contributed by atoms with van der Waals surface area (Å²) < 4.78 is 36.7. The number of rotatable bonds is 5. The molecular formula is C11H12BrFO4S. The molecule has 1 N–H and O–H groups in total. The molecule has 18 heavy (non-hydrogen) atoms. The standard InChI is InChI=1S/C11H12BrFO4S/c1-7(11(14)15)5-18(16,17)6-8-2-3-9(13)4-10(8)12/h2-4,7H,5-6H2,1H3,(H,14,15). The van der Waals surface area contributed by atoms with Gasteiger partial charge in [0.05, 0.1) is 17.4 Å². The minimum atomic E-state index is -3.55. The van der Waals surface area contributed by atoms with Crippen LogP contribution in [-0.2, 0) is 20.4 Å². The summed E-state index contributed by atoms with van der Waals surface area (Å²) in [4.78, 5) is 10.6. The van der Waals surface area contributed by atoms with E-state index in [1.165, 1.54) is 19.1 Å². The number of carboxylic acid groups (broad SMARTS) is 1. The number of aliphatic carboxylic acids is 1. The second-order valence-electron chi connectivity index (χ2n) is 4.03. The molecule has 0 aliphatic carbocycles. The van der Waals surface area contributed by atoms with Crippen molar-refractivity contribution in [1.82, 2.24) is 0 Å². The number of carbonyl (C=O) groups is 1. The molecule has 1 rings (SSSR count). The third-order valence-corrected chi connectivity index (χ3v) is 4.81. The molecular weight excluding hydrogens is 327 g/mol. The average Bonchev–Trinajstić information content (AvgIpc) is 2.21. The van der Waals surface area contributed by atoms with Crippen molar-refractivity contribution in [3.8, 4) is 0 Å². The molecule has 0 amide bonds. The van der Waals surface area contributed by atoms with Crippen molar-refractivity contribution >= 4 is 31.7 Å². The fourth-order valence-corrected chi connectivity index (χ4v) is 3.81. The molecule has 0 bridgehead atoms. The molecule has 0 aliphatic rings. The first kappa shape index (κ1) is 15.1. The molecule has 4 nitrogen and oxygen atoms in total. The zero-order chi connectivity index (χ0) is 13.9. The van der Waals surface area contributed by atoms with Gasteiger partial charge in [0.1, 0.15) is 5.82 Å². The van der Waals surface area contributed by atoms with Gasteiger partial charge in [-0.1, -0.05) is 28.9 Å². The summed E-state index contributed by atoms with van der Waals surface area (Å²) in [5, 5.41) is 8.68. The SMILES string of the molecule is CC(CS(=O)(=O)Cc1ccc(F)cc1Br)C(=O)O. The predicted molar refractivity (Wildman–Crippen MR) is 68.4 cm³/mol. The van der Waals surface area contributed by atoms with Gasteiger partial charge in [-0.25, -0.2) is 12.8 Å². The Morgan fingerprint density at radius 1 is 1.50 bits per heavy atom. The molecule has 1 aromatic carbocycles. The van der Waals surface area contributed by atoms with Gasteiger partial charge in [0, 0.05) is 4.47 Å². The smallest absolute Gasteiger partial charge is 0.307 e. The van der Waals surface area contributed by atoms with Gasteiger partial charge in [-0.05, 0) is 17.7 Å². The molecule has 0 saturated heterocycles. The van der Waals surface area contributed by atoms with Crippen LogP contribution in [0.15, 0.2) is 22.7 Å². The van der Waals surface area contributed by atoms with E-state index in [0.29, 0.717) is 10.0 Å². The van der Waals surface area contributed by atoms with Crippen LogP contribution in [-0.4, -0.2) is 25.2 Å². The Kier molecular flexibility index (Phi) is 4.86. The van der Waals surface area contributed by atoms with Crippen LogP contribution in [0.3, 0.4) is 0 Å². The summed E-state index contributed by atoms with van der Waals surface area (Å²) in [7, 11) is -3.55. The molecule has 0 spiro atoms. The third kappa shape index (κ3) is 4.38. The maximum Gasteiger partial charge on any atom is 0.307 e. The zero-order valence-electron chi connectivity index (χ0n) is 9.56. The highest BCUT2D eigenvalue weighted by Gasteiger charge is 2.22. The van der Waals surface area contributed by atoms with Crippen LogP contribution in [0.25, 0.3) is 0 Å². The molecule has 7 heteroatoms. The summed E-state index contributed by atoms with van der Waals surface area (Å²) in [6.07, 6.45) is 0. The maximum absolute atomic E-state index is 12.8. The maximum atomic E-state index is 12.8. The monoisotopic (exact) mass is 338 g/mol. The molecule has 0 heterocycles. The molecule has 0 radical (unpaired) electrons. The Bertz CT molecular complexity index is 556. The zero-order valence-corrected chi connectivity index (χ0v) is 12.0. The van der Waals surface area contributed by atoms with Gasteiger partial charge in [-0.15, -0.1) is 0 Å². The van der Waals surface area contributed by atoms with E-state index < -0.39 is 33.3 Å². The molecule has 0 saturated carbocycles. The van der Waals surface area contributed by atoms with E-state index in [2.05, 4.69) is 15.9 Å². The fraction of sp³-hybridized carbons (Fsp3) is 0.364. The number of carboxylic acids is 1. The summed E-state index contributed by atoms with van der Waals surface area (Å²) >= 11 is 3.07. The normalized spacial score (nSPS) is 13.3. The van der Waals surface area contributed by atoms with Crippen LogP contribution >= 0.6 is 15.9 Å². The number of halogens is 2. The lowest BCUT2D eigenvalue weighted by Gasteiger charge is -2.09. The van der Waals surface area contributed by atoms with Crippen LogP contribution in [0, 0.1) is 11.7 Å². The highest BCUT2D eigenvalue weighted by molar-refractivity contribution is 9.10. The minimum absolute atomic E-state index is 0.314. The van der Waals surface area contributed by atoms with Crippen LogP contribution in [0.1, 0.15) is 12.5 Å². The van der Waals surface area contributed by atoms with Crippen LogP contribution in [0.2, 0.25) is 0 Å².